The highest BCUT2D eigenvalue weighted by Gasteiger charge is 2.47. The molecule has 1 aliphatic heterocycles. The molecule has 2 heterocycles. The highest BCUT2D eigenvalue weighted by molar-refractivity contribution is 7.10. The highest BCUT2D eigenvalue weighted by Crippen LogP contribution is 2.43. The minimum Gasteiger partial charge on any atom is -0.507 e. The van der Waals surface area contributed by atoms with E-state index in [4.69, 9.17) is 4.74 Å². The lowest BCUT2D eigenvalue weighted by atomic mass is 9.97. The summed E-state index contributed by atoms with van der Waals surface area (Å²) in [6.07, 6.45) is -0.00302. The number of aliphatic hydroxyl groups excluding tert-OH is 1. The molecule has 2 aromatic carbocycles. The topological polar surface area (TPSA) is 66.8 Å². The molecule has 7 heteroatoms. The van der Waals surface area contributed by atoms with Gasteiger partial charge in [-0.1, -0.05) is 12.1 Å². The van der Waals surface area contributed by atoms with Crippen LogP contribution in [0.1, 0.15) is 47.0 Å². The zero-order valence-corrected chi connectivity index (χ0v) is 20.3. The molecule has 1 atom stereocenters. The maximum Gasteiger partial charge on any atom is 0.295 e. The molecule has 1 aromatic heterocycles. The van der Waals surface area contributed by atoms with Crippen molar-refractivity contribution in [2.45, 2.75) is 46.4 Å². The first-order valence-corrected chi connectivity index (χ1v) is 11.9. The van der Waals surface area contributed by atoms with E-state index in [9.17, 15) is 19.1 Å². The van der Waals surface area contributed by atoms with Crippen LogP contribution in [0, 0.1) is 19.7 Å². The second-order valence-corrected chi connectivity index (χ2v) is 9.62. The normalized spacial score (nSPS) is 17.6. The fraction of sp³-hybridized carbons (Fsp3) is 0.259. The average molecular weight is 480 g/mol. The third-order valence-corrected chi connectivity index (χ3v) is 6.84. The zero-order chi connectivity index (χ0) is 24.6. The van der Waals surface area contributed by atoms with Crippen molar-refractivity contribution in [1.29, 1.82) is 0 Å². The van der Waals surface area contributed by atoms with E-state index in [2.05, 4.69) is 0 Å². The molecular formula is C27H26FNO4S. The Morgan fingerprint density at radius 1 is 1.09 bits per heavy atom. The van der Waals surface area contributed by atoms with E-state index in [1.807, 2.05) is 39.1 Å². The molecule has 4 rings (SSSR count). The number of amides is 1. The van der Waals surface area contributed by atoms with E-state index in [1.54, 1.807) is 30.3 Å². The van der Waals surface area contributed by atoms with Crippen molar-refractivity contribution < 1.29 is 23.8 Å². The fourth-order valence-electron chi connectivity index (χ4n) is 4.11. The molecule has 1 saturated heterocycles. The molecular weight excluding hydrogens is 453 g/mol. The molecule has 176 valence electrons. The Morgan fingerprint density at radius 3 is 2.38 bits per heavy atom. The van der Waals surface area contributed by atoms with Gasteiger partial charge in [-0.2, -0.15) is 0 Å². The smallest absolute Gasteiger partial charge is 0.295 e. The fourth-order valence-corrected chi connectivity index (χ4v) is 5.15. The van der Waals surface area contributed by atoms with Crippen molar-refractivity contribution in [3.8, 4) is 5.75 Å². The van der Waals surface area contributed by atoms with Crippen LogP contribution >= 0.6 is 11.3 Å². The van der Waals surface area contributed by atoms with E-state index < -0.39 is 17.7 Å². The van der Waals surface area contributed by atoms with Crippen LogP contribution in [0.5, 0.6) is 5.75 Å². The number of ether oxygens (including phenoxy) is 1. The number of Topliss-reactive ketones (excluding diaryl/α,β-unsaturated/α-hetero) is 1. The molecule has 1 N–H and O–H groups in total. The molecule has 3 aromatic rings. The minimum atomic E-state index is -0.739. The summed E-state index contributed by atoms with van der Waals surface area (Å²) in [5.74, 6) is -1.35. The molecule has 1 fully saturated rings. The molecule has 0 aliphatic carbocycles. The van der Waals surface area contributed by atoms with Gasteiger partial charge >= 0.3 is 0 Å². The zero-order valence-electron chi connectivity index (χ0n) is 19.5. The number of likely N-dealkylation sites (tertiary alicyclic amines) is 1. The Bertz CT molecular complexity index is 1280. The molecule has 1 unspecified atom stereocenters. The van der Waals surface area contributed by atoms with Gasteiger partial charge in [-0.25, -0.2) is 4.39 Å². The van der Waals surface area contributed by atoms with Crippen molar-refractivity contribution in [3.05, 3.63) is 92.4 Å². The van der Waals surface area contributed by atoms with Crippen LogP contribution in [0.2, 0.25) is 0 Å². The molecule has 0 radical (unpaired) electrons. The van der Waals surface area contributed by atoms with Crippen LogP contribution in [0.15, 0.2) is 59.5 Å². The standard InChI is InChI=1S/C27H26FNO4S/c1-15(2)33-21-10-7-19(13-17(21)4)24(30)22-23(26-16(3)11-12-34-26)29(27(32)25(22)31)14-18-5-8-20(28)9-6-18/h5-13,15,23,30H,14H2,1-4H3/b24-22-. The minimum absolute atomic E-state index is 0.00302. The quantitative estimate of drug-likeness (QED) is 0.271. The first kappa shape index (κ1) is 23.7. The maximum absolute atomic E-state index is 13.4. The van der Waals surface area contributed by atoms with Crippen molar-refractivity contribution in [3.63, 3.8) is 0 Å². The summed E-state index contributed by atoms with van der Waals surface area (Å²) in [7, 11) is 0. The number of aryl methyl sites for hydroxylation is 2. The lowest BCUT2D eigenvalue weighted by Gasteiger charge is -2.25. The van der Waals surface area contributed by atoms with Crippen LogP contribution < -0.4 is 4.74 Å². The number of aliphatic hydroxyl groups is 1. The summed E-state index contributed by atoms with van der Waals surface area (Å²) in [5, 5.41) is 13.2. The predicted octanol–water partition coefficient (Wildman–Crippen LogP) is 5.91. The molecule has 5 nitrogen and oxygen atoms in total. The second kappa shape index (κ2) is 9.43. The van der Waals surface area contributed by atoms with Crippen LogP contribution in [-0.4, -0.2) is 27.8 Å². The van der Waals surface area contributed by atoms with Gasteiger partial charge in [-0.15, -0.1) is 11.3 Å². The van der Waals surface area contributed by atoms with Gasteiger partial charge in [0.05, 0.1) is 11.7 Å². The van der Waals surface area contributed by atoms with Gasteiger partial charge in [0.15, 0.2) is 0 Å². The monoisotopic (exact) mass is 479 g/mol. The van der Waals surface area contributed by atoms with Gasteiger partial charge in [0.25, 0.3) is 11.7 Å². The first-order chi connectivity index (χ1) is 16.2. The molecule has 1 aliphatic rings. The highest BCUT2D eigenvalue weighted by atomic mass is 32.1. The summed E-state index contributed by atoms with van der Waals surface area (Å²) in [6.45, 7) is 7.75. The number of thiophene rings is 1. The molecule has 0 spiro atoms. The van der Waals surface area contributed by atoms with Gasteiger partial charge in [-0.05, 0) is 86.2 Å². The van der Waals surface area contributed by atoms with Gasteiger partial charge in [-0.3, -0.25) is 9.59 Å². The van der Waals surface area contributed by atoms with Crippen molar-refractivity contribution in [2.75, 3.05) is 0 Å². The van der Waals surface area contributed by atoms with Crippen LogP contribution in [0.3, 0.4) is 0 Å². The lowest BCUT2D eigenvalue weighted by molar-refractivity contribution is -0.140. The summed E-state index contributed by atoms with van der Waals surface area (Å²) >= 11 is 1.43. The number of carbonyl (C=O) groups excluding carboxylic acids is 2. The SMILES string of the molecule is Cc1cc(/C(O)=C2/C(=O)C(=O)N(Cc3ccc(F)cc3)C2c2sccc2C)ccc1OC(C)C. The molecule has 0 bridgehead atoms. The number of ketones is 1. The third-order valence-electron chi connectivity index (χ3n) is 5.77. The Labute approximate surface area is 202 Å². The van der Waals surface area contributed by atoms with E-state index in [-0.39, 0.29) is 29.8 Å². The van der Waals surface area contributed by atoms with Crippen LogP contribution in [0.25, 0.3) is 5.76 Å². The van der Waals surface area contributed by atoms with E-state index in [1.165, 1.54) is 28.4 Å². The number of rotatable bonds is 6. The van der Waals surface area contributed by atoms with E-state index >= 15 is 0 Å². The number of halogens is 1. The number of carbonyl (C=O) groups is 2. The molecule has 1 amide bonds. The van der Waals surface area contributed by atoms with Gasteiger partial charge in [0.2, 0.25) is 0 Å². The van der Waals surface area contributed by atoms with Crippen molar-refractivity contribution >= 4 is 28.8 Å². The number of benzene rings is 2. The van der Waals surface area contributed by atoms with Gasteiger partial charge in [0, 0.05) is 17.0 Å². The summed E-state index contributed by atoms with van der Waals surface area (Å²) in [5.41, 5.74) is 2.90. The predicted molar refractivity (Wildman–Crippen MR) is 130 cm³/mol. The van der Waals surface area contributed by atoms with Crippen molar-refractivity contribution in [1.82, 2.24) is 4.90 Å². The lowest BCUT2D eigenvalue weighted by Crippen LogP contribution is -2.29. The Morgan fingerprint density at radius 2 is 1.79 bits per heavy atom. The maximum atomic E-state index is 13.4. The largest absolute Gasteiger partial charge is 0.507 e. The van der Waals surface area contributed by atoms with Crippen molar-refractivity contribution in [2.24, 2.45) is 0 Å². The van der Waals surface area contributed by atoms with Gasteiger partial charge in [0.1, 0.15) is 23.4 Å². The van der Waals surface area contributed by atoms with Crippen LogP contribution in [-0.2, 0) is 16.1 Å². The first-order valence-electron chi connectivity index (χ1n) is 11.0. The summed E-state index contributed by atoms with van der Waals surface area (Å²) < 4.78 is 19.2. The average Bonchev–Trinajstić information content (AvgIpc) is 3.31. The third kappa shape index (κ3) is 4.48. The summed E-state index contributed by atoms with van der Waals surface area (Å²) in [6, 6.07) is 12.2. The Kier molecular flexibility index (Phi) is 6.57. The summed E-state index contributed by atoms with van der Waals surface area (Å²) in [4.78, 5) is 28.6. The van der Waals surface area contributed by atoms with Crippen LogP contribution in [0.4, 0.5) is 4.39 Å². The Hall–Kier alpha value is -3.45. The number of nitrogens with zero attached hydrogens (tertiary/aromatic N) is 1. The molecule has 34 heavy (non-hydrogen) atoms. The second-order valence-electron chi connectivity index (χ2n) is 8.67. The van der Waals surface area contributed by atoms with E-state index in [0.717, 1.165) is 16.0 Å². The number of hydrogen-bond acceptors (Lipinski definition) is 5. The Balaban J connectivity index is 1.81. The number of hydrogen-bond donors (Lipinski definition) is 1. The van der Waals surface area contributed by atoms with E-state index in [0.29, 0.717) is 16.9 Å². The molecule has 0 saturated carbocycles. The van der Waals surface area contributed by atoms with Gasteiger partial charge < -0.3 is 14.7 Å².